The normalized spacial score (nSPS) is 18.8. The molecule has 0 spiro atoms. The lowest BCUT2D eigenvalue weighted by Crippen LogP contribution is -2.35. The van der Waals surface area contributed by atoms with E-state index < -0.39 is 0 Å². The molecule has 47 heavy (non-hydrogen) atoms. The summed E-state index contributed by atoms with van der Waals surface area (Å²) in [6.45, 7) is 0.720. The number of pyridine rings is 1. The van der Waals surface area contributed by atoms with Crippen molar-refractivity contribution in [2.75, 3.05) is 6.54 Å². The predicted molar refractivity (Wildman–Crippen MR) is 185 cm³/mol. The largest absolute Gasteiger partial charge is 0.387 e. The molecule has 1 N–H and O–H groups in total. The van der Waals surface area contributed by atoms with E-state index in [1.807, 2.05) is 42.6 Å². The van der Waals surface area contributed by atoms with Gasteiger partial charge >= 0.3 is 0 Å². The number of amidine groups is 1. The van der Waals surface area contributed by atoms with Crippen LogP contribution < -0.4 is 5.32 Å². The molecule has 3 aromatic carbocycles. The first-order valence-electron chi connectivity index (χ1n) is 15.6. The fourth-order valence-corrected chi connectivity index (χ4v) is 6.47. The Hall–Kier alpha value is -6.28. The van der Waals surface area contributed by atoms with E-state index >= 15 is 0 Å². The topological polar surface area (TPSA) is 91.5 Å². The van der Waals surface area contributed by atoms with E-state index in [1.54, 1.807) is 12.4 Å². The van der Waals surface area contributed by atoms with Crippen LogP contribution in [0.2, 0.25) is 0 Å². The fraction of sp³-hybridized carbons (Fsp3) is 0.0769. The summed E-state index contributed by atoms with van der Waals surface area (Å²) in [5.41, 5.74) is 9.21. The van der Waals surface area contributed by atoms with Gasteiger partial charge in [0.05, 0.1) is 5.71 Å². The van der Waals surface area contributed by atoms with Crippen molar-refractivity contribution in [3.05, 3.63) is 163 Å². The Kier molecular flexibility index (Phi) is 6.48. The van der Waals surface area contributed by atoms with Crippen molar-refractivity contribution in [1.29, 1.82) is 0 Å². The number of allylic oxidation sites excluding steroid dienone is 4. The van der Waals surface area contributed by atoms with Crippen molar-refractivity contribution in [2.45, 2.75) is 12.2 Å². The average molecular weight is 609 g/mol. The molecule has 2 aromatic heterocycles. The van der Waals surface area contributed by atoms with Gasteiger partial charge in [-0.3, -0.25) is 15.0 Å². The van der Waals surface area contributed by atoms with E-state index in [2.05, 4.69) is 100 Å². The highest BCUT2D eigenvalue weighted by atomic mass is 15.3. The van der Waals surface area contributed by atoms with Gasteiger partial charge in [-0.2, -0.15) is 0 Å². The maximum absolute atomic E-state index is 5.33. The molecule has 224 valence electrons. The number of rotatable bonds is 5. The van der Waals surface area contributed by atoms with Crippen molar-refractivity contribution in [3.63, 3.8) is 0 Å². The highest BCUT2D eigenvalue weighted by molar-refractivity contribution is 6.15. The summed E-state index contributed by atoms with van der Waals surface area (Å²) in [4.78, 5) is 31.5. The molecule has 6 heterocycles. The van der Waals surface area contributed by atoms with Crippen molar-refractivity contribution >= 4 is 17.1 Å². The quantitative estimate of drug-likeness (QED) is 0.237. The summed E-state index contributed by atoms with van der Waals surface area (Å²) in [5.74, 6) is 2.78. The lowest BCUT2D eigenvalue weighted by Gasteiger charge is -2.30. The van der Waals surface area contributed by atoms with E-state index in [1.165, 1.54) is 5.56 Å². The molecule has 4 aliphatic rings. The van der Waals surface area contributed by atoms with E-state index in [0.717, 1.165) is 57.0 Å². The molecule has 9 rings (SSSR count). The number of hydrogen-bond donors (Lipinski definition) is 1. The molecule has 8 heteroatoms. The highest BCUT2D eigenvalue weighted by Crippen LogP contribution is 2.40. The maximum atomic E-state index is 5.33. The Morgan fingerprint density at radius 1 is 0.681 bits per heavy atom. The molecule has 0 fully saturated rings. The minimum absolute atomic E-state index is 0.0323. The first-order valence-corrected chi connectivity index (χ1v) is 15.6. The summed E-state index contributed by atoms with van der Waals surface area (Å²) in [7, 11) is 0. The Balaban J connectivity index is 1.11. The minimum Gasteiger partial charge on any atom is -0.387 e. The van der Waals surface area contributed by atoms with E-state index in [-0.39, 0.29) is 12.2 Å². The molecule has 0 aliphatic carbocycles. The lowest BCUT2D eigenvalue weighted by atomic mass is 9.88. The van der Waals surface area contributed by atoms with Gasteiger partial charge < -0.3 is 10.2 Å². The number of dihydropyridines is 1. The van der Waals surface area contributed by atoms with E-state index in [9.17, 15) is 0 Å². The van der Waals surface area contributed by atoms with Crippen LogP contribution in [0.15, 0.2) is 150 Å². The third-order valence-electron chi connectivity index (χ3n) is 8.73. The number of nitrogens with zero attached hydrogens (tertiary/aromatic N) is 7. The number of benzene rings is 3. The van der Waals surface area contributed by atoms with Crippen LogP contribution in [0, 0.1) is 0 Å². The average Bonchev–Trinajstić information content (AvgIpc) is 3.54. The molecule has 5 aromatic rings. The van der Waals surface area contributed by atoms with Crippen LogP contribution in [-0.2, 0) is 0 Å². The van der Waals surface area contributed by atoms with Gasteiger partial charge in [0.25, 0.3) is 0 Å². The van der Waals surface area contributed by atoms with E-state index in [0.29, 0.717) is 17.5 Å². The minimum atomic E-state index is -0.111. The SMILES string of the molecule is C1=CC2=NC3c4ccccc4C(c4cccc(-c5cccc(-c6nc(C7=CCNC=C7)nc(-c7cccnc7)n6)c5)c4)=NC3N2C=C1. The Bertz CT molecular complexity index is 2230. The third kappa shape index (κ3) is 4.87. The number of fused-ring (bicyclic) bond motifs is 5. The summed E-state index contributed by atoms with van der Waals surface area (Å²) in [5, 5.41) is 3.20. The van der Waals surface area contributed by atoms with Crippen LogP contribution in [0.3, 0.4) is 0 Å². The predicted octanol–water partition coefficient (Wildman–Crippen LogP) is 6.78. The van der Waals surface area contributed by atoms with Gasteiger partial charge in [0.1, 0.15) is 11.9 Å². The van der Waals surface area contributed by atoms with Crippen LogP contribution in [0.25, 0.3) is 39.5 Å². The highest BCUT2D eigenvalue weighted by Gasteiger charge is 2.40. The second-order valence-electron chi connectivity index (χ2n) is 11.6. The van der Waals surface area contributed by atoms with Gasteiger partial charge in [-0.1, -0.05) is 72.8 Å². The molecular formula is C39H28N8. The number of hydrogen-bond acceptors (Lipinski definition) is 8. The number of nitrogens with one attached hydrogen (secondary N) is 1. The summed E-state index contributed by atoms with van der Waals surface area (Å²) in [6.07, 6.45) is 17.6. The summed E-state index contributed by atoms with van der Waals surface area (Å²) >= 11 is 0. The molecule has 0 saturated heterocycles. The summed E-state index contributed by atoms with van der Waals surface area (Å²) < 4.78 is 0. The Morgan fingerprint density at radius 2 is 1.45 bits per heavy atom. The van der Waals surface area contributed by atoms with Crippen LogP contribution in [0.5, 0.6) is 0 Å². The lowest BCUT2D eigenvalue weighted by molar-refractivity contribution is 0.393. The fourth-order valence-electron chi connectivity index (χ4n) is 6.47. The van der Waals surface area contributed by atoms with Crippen LogP contribution >= 0.6 is 0 Å². The second-order valence-corrected chi connectivity index (χ2v) is 11.6. The van der Waals surface area contributed by atoms with Crippen LogP contribution in [0.4, 0.5) is 0 Å². The monoisotopic (exact) mass is 608 g/mol. The van der Waals surface area contributed by atoms with Crippen molar-refractivity contribution < 1.29 is 0 Å². The molecule has 2 atom stereocenters. The molecule has 8 nitrogen and oxygen atoms in total. The zero-order chi connectivity index (χ0) is 31.2. The van der Waals surface area contributed by atoms with Gasteiger partial charge in [-0.15, -0.1) is 0 Å². The molecular weight excluding hydrogens is 580 g/mol. The zero-order valence-corrected chi connectivity index (χ0v) is 25.3. The van der Waals surface area contributed by atoms with Gasteiger partial charge in [-0.05, 0) is 65.4 Å². The third-order valence-corrected chi connectivity index (χ3v) is 8.73. The van der Waals surface area contributed by atoms with Gasteiger partial charge in [0, 0.05) is 53.0 Å². The molecule has 0 saturated carbocycles. The summed E-state index contributed by atoms with van der Waals surface area (Å²) in [6, 6.07) is 29.3. The Morgan fingerprint density at radius 3 is 2.28 bits per heavy atom. The van der Waals surface area contributed by atoms with Gasteiger partial charge in [0.2, 0.25) is 0 Å². The molecule has 4 aliphatic heterocycles. The smallest absolute Gasteiger partial charge is 0.165 e. The first kappa shape index (κ1) is 27.1. The second kappa shape index (κ2) is 11.3. The first-order chi connectivity index (χ1) is 23.3. The van der Waals surface area contributed by atoms with E-state index in [4.69, 9.17) is 24.9 Å². The number of aromatic nitrogens is 4. The van der Waals surface area contributed by atoms with Crippen molar-refractivity contribution in [2.24, 2.45) is 9.98 Å². The van der Waals surface area contributed by atoms with Gasteiger partial charge in [-0.25, -0.2) is 15.0 Å². The van der Waals surface area contributed by atoms with Gasteiger partial charge in [0.15, 0.2) is 23.6 Å². The zero-order valence-electron chi connectivity index (χ0n) is 25.3. The molecule has 0 bridgehead atoms. The Labute approximate surface area is 272 Å². The number of aliphatic imine (C=N–C) groups is 2. The molecule has 2 unspecified atom stereocenters. The van der Waals surface area contributed by atoms with Crippen LogP contribution in [-0.4, -0.2) is 49.1 Å². The molecule has 0 amide bonds. The van der Waals surface area contributed by atoms with Crippen molar-refractivity contribution in [3.8, 4) is 33.9 Å². The van der Waals surface area contributed by atoms with Crippen molar-refractivity contribution in [1.82, 2.24) is 30.2 Å². The molecule has 0 radical (unpaired) electrons. The van der Waals surface area contributed by atoms with Crippen LogP contribution in [0.1, 0.15) is 28.6 Å². The standard InChI is InChI=1S/C39H28N8/c1-2-14-32-31(13-1)34(43-39-35(32)42-33-15-3-4-21-47(33)39)28-10-5-8-26(22-28)27-9-6-11-29(23-27)37-44-36(25-16-19-40-20-17-25)45-38(46-37)30-12-7-18-41-24-30/h1-19,21-24,35,39-40H,20H2. The maximum Gasteiger partial charge on any atom is 0.165 e.